The van der Waals surface area contributed by atoms with Gasteiger partial charge in [0.15, 0.2) is 0 Å². The molecule has 0 spiro atoms. The second kappa shape index (κ2) is 4.94. The highest BCUT2D eigenvalue weighted by atomic mass is 16.3. The van der Waals surface area contributed by atoms with Crippen LogP contribution < -0.4 is 0 Å². The fraction of sp³-hybridized carbons (Fsp3) is 0.667. The predicted molar refractivity (Wildman–Crippen MR) is 79.1 cm³/mol. The molecule has 0 amide bonds. The summed E-state index contributed by atoms with van der Waals surface area (Å²) in [5.74, 6) is 1.43. The third-order valence-electron chi connectivity index (χ3n) is 5.86. The maximum absolute atomic E-state index is 11.5. The third kappa shape index (κ3) is 1.94. The van der Waals surface area contributed by atoms with Gasteiger partial charge in [-0.25, -0.2) is 0 Å². The van der Waals surface area contributed by atoms with E-state index in [-0.39, 0.29) is 0 Å². The van der Waals surface area contributed by atoms with Gasteiger partial charge in [-0.1, -0.05) is 51.0 Å². The summed E-state index contributed by atoms with van der Waals surface area (Å²) in [6.45, 7) is 4.48. The zero-order chi connectivity index (χ0) is 13.5. The summed E-state index contributed by atoms with van der Waals surface area (Å²) >= 11 is 0. The van der Waals surface area contributed by atoms with Crippen molar-refractivity contribution in [3.8, 4) is 0 Å². The van der Waals surface area contributed by atoms with E-state index in [1.165, 1.54) is 24.0 Å². The van der Waals surface area contributed by atoms with Crippen molar-refractivity contribution in [2.75, 3.05) is 0 Å². The van der Waals surface area contributed by atoms with Crippen molar-refractivity contribution in [1.29, 1.82) is 0 Å². The maximum atomic E-state index is 11.5. The van der Waals surface area contributed by atoms with Gasteiger partial charge in [0.2, 0.25) is 0 Å². The topological polar surface area (TPSA) is 20.2 Å². The Morgan fingerprint density at radius 3 is 1.95 bits per heavy atom. The number of rotatable bonds is 3. The van der Waals surface area contributed by atoms with E-state index in [0.29, 0.717) is 17.8 Å². The molecule has 2 unspecified atom stereocenters. The van der Waals surface area contributed by atoms with Gasteiger partial charge < -0.3 is 5.11 Å². The van der Waals surface area contributed by atoms with Gasteiger partial charge in [0.1, 0.15) is 0 Å². The minimum Gasteiger partial charge on any atom is -0.389 e. The van der Waals surface area contributed by atoms with Crippen LogP contribution in [0.5, 0.6) is 0 Å². The number of hydrogen-bond acceptors (Lipinski definition) is 1. The monoisotopic (exact) mass is 258 g/mol. The third-order valence-corrected chi connectivity index (χ3v) is 5.86. The summed E-state index contributed by atoms with van der Waals surface area (Å²) in [5, 5.41) is 11.5. The van der Waals surface area contributed by atoms with Gasteiger partial charge in [0.05, 0.1) is 5.60 Å². The van der Waals surface area contributed by atoms with Crippen molar-refractivity contribution < 1.29 is 5.11 Å². The van der Waals surface area contributed by atoms with Crippen LogP contribution in [0.25, 0.3) is 0 Å². The smallest absolute Gasteiger partial charge is 0.0737 e. The fourth-order valence-electron chi connectivity index (χ4n) is 4.83. The quantitative estimate of drug-likeness (QED) is 0.869. The van der Waals surface area contributed by atoms with Gasteiger partial charge >= 0.3 is 0 Å². The molecule has 0 aliphatic heterocycles. The molecule has 0 saturated heterocycles. The highest BCUT2D eigenvalue weighted by Crippen LogP contribution is 2.52. The molecule has 1 N–H and O–H groups in total. The number of aliphatic hydroxyl groups is 1. The number of fused-ring (bicyclic) bond motifs is 3. The summed E-state index contributed by atoms with van der Waals surface area (Å²) in [7, 11) is 0. The average Bonchev–Trinajstić information content (AvgIpc) is 2.63. The predicted octanol–water partition coefficient (Wildman–Crippen LogP) is 3.98. The van der Waals surface area contributed by atoms with Crippen LogP contribution in [0.3, 0.4) is 0 Å². The van der Waals surface area contributed by atoms with Crippen molar-refractivity contribution in [3.63, 3.8) is 0 Å². The normalized spacial score (nSPS) is 33.3. The van der Waals surface area contributed by atoms with Gasteiger partial charge in [0, 0.05) is 0 Å². The Labute approximate surface area is 117 Å². The molecular formula is C18H26O. The molecule has 2 atom stereocenters. The van der Waals surface area contributed by atoms with Crippen LogP contribution in [-0.2, 0) is 12.8 Å². The van der Waals surface area contributed by atoms with Crippen molar-refractivity contribution in [1.82, 2.24) is 0 Å². The molecule has 1 saturated carbocycles. The summed E-state index contributed by atoms with van der Waals surface area (Å²) in [6, 6.07) is 8.83. The first-order valence-corrected chi connectivity index (χ1v) is 7.99. The van der Waals surface area contributed by atoms with E-state index < -0.39 is 5.60 Å². The van der Waals surface area contributed by atoms with E-state index in [2.05, 4.69) is 38.1 Å². The molecule has 1 fully saturated rings. The summed E-state index contributed by atoms with van der Waals surface area (Å²) < 4.78 is 0. The Bertz CT molecular complexity index is 414. The Hall–Kier alpha value is -0.820. The number of hydrogen-bond donors (Lipinski definition) is 1. The molecular weight excluding hydrogens is 232 g/mol. The van der Waals surface area contributed by atoms with Crippen LogP contribution in [-0.4, -0.2) is 10.7 Å². The summed E-state index contributed by atoms with van der Waals surface area (Å²) in [5.41, 5.74) is 2.56. The fourth-order valence-corrected chi connectivity index (χ4v) is 4.83. The van der Waals surface area contributed by atoms with Crippen molar-refractivity contribution in [3.05, 3.63) is 35.4 Å². The lowest BCUT2D eigenvalue weighted by Crippen LogP contribution is -2.47. The van der Waals surface area contributed by atoms with E-state index in [9.17, 15) is 5.11 Å². The Morgan fingerprint density at radius 2 is 1.53 bits per heavy atom. The van der Waals surface area contributed by atoms with Crippen molar-refractivity contribution in [2.45, 2.75) is 58.0 Å². The Balaban J connectivity index is 1.99. The molecule has 0 aromatic heterocycles. The lowest BCUT2D eigenvalue weighted by atomic mass is 9.71. The van der Waals surface area contributed by atoms with Crippen LogP contribution >= 0.6 is 0 Å². The molecule has 2 bridgehead atoms. The highest BCUT2D eigenvalue weighted by Gasteiger charge is 2.53. The molecule has 1 aromatic rings. The lowest BCUT2D eigenvalue weighted by Gasteiger charge is -2.40. The van der Waals surface area contributed by atoms with Crippen LogP contribution in [0.4, 0.5) is 0 Å². The average molecular weight is 258 g/mol. The van der Waals surface area contributed by atoms with Gasteiger partial charge in [0.25, 0.3) is 0 Å². The molecule has 0 heterocycles. The van der Waals surface area contributed by atoms with Gasteiger partial charge in [-0.15, -0.1) is 0 Å². The molecule has 3 rings (SSSR count). The second-order valence-electron chi connectivity index (χ2n) is 6.55. The maximum Gasteiger partial charge on any atom is 0.0737 e. The largest absolute Gasteiger partial charge is 0.389 e. The standard InChI is InChI=1S/C18H26O/c1-3-15(4-2)18(19)16-9-10-17(18)12-14-8-6-5-7-13(14)11-16/h5-8,15-17,19H,3-4,9-12H2,1-2H3. The van der Waals surface area contributed by atoms with Gasteiger partial charge in [-0.3, -0.25) is 0 Å². The van der Waals surface area contributed by atoms with Crippen LogP contribution in [0.1, 0.15) is 50.7 Å². The molecule has 2 aliphatic rings. The van der Waals surface area contributed by atoms with Gasteiger partial charge in [-0.2, -0.15) is 0 Å². The Kier molecular flexibility index (Phi) is 3.42. The zero-order valence-corrected chi connectivity index (χ0v) is 12.2. The second-order valence-corrected chi connectivity index (χ2v) is 6.55. The Morgan fingerprint density at radius 1 is 1.05 bits per heavy atom. The first-order valence-electron chi connectivity index (χ1n) is 7.99. The summed E-state index contributed by atoms with van der Waals surface area (Å²) in [4.78, 5) is 0. The SMILES string of the molecule is CCC(CC)C1(O)C2CCC1Cc1ccccc1C2. The molecule has 2 aliphatic carbocycles. The molecule has 0 radical (unpaired) electrons. The molecule has 1 nitrogen and oxygen atoms in total. The van der Waals surface area contributed by atoms with Crippen molar-refractivity contribution in [2.24, 2.45) is 17.8 Å². The highest BCUT2D eigenvalue weighted by molar-refractivity contribution is 5.32. The van der Waals surface area contributed by atoms with E-state index in [1.807, 2.05) is 0 Å². The van der Waals surface area contributed by atoms with Crippen molar-refractivity contribution >= 4 is 0 Å². The first-order chi connectivity index (χ1) is 9.20. The van der Waals surface area contributed by atoms with Crippen LogP contribution in [0.2, 0.25) is 0 Å². The molecule has 104 valence electrons. The first kappa shape index (κ1) is 13.2. The number of benzene rings is 1. The molecule has 1 aromatic carbocycles. The van der Waals surface area contributed by atoms with E-state index >= 15 is 0 Å². The molecule has 19 heavy (non-hydrogen) atoms. The lowest BCUT2D eigenvalue weighted by molar-refractivity contribution is -0.0866. The van der Waals surface area contributed by atoms with E-state index in [1.54, 1.807) is 0 Å². The van der Waals surface area contributed by atoms with E-state index in [0.717, 1.165) is 25.7 Å². The van der Waals surface area contributed by atoms with E-state index in [4.69, 9.17) is 0 Å². The summed E-state index contributed by atoms with van der Waals surface area (Å²) in [6.07, 6.45) is 6.81. The van der Waals surface area contributed by atoms with Crippen LogP contribution in [0.15, 0.2) is 24.3 Å². The minimum atomic E-state index is -0.414. The molecule has 1 heteroatoms. The zero-order valence-electron chi connectivity index (χ0n) is 12.2. The van der Waals surface area contributed by atoms with Crippen LogP contribution in [0, 0.1) is 17.8 Å². The minimum absolute atomic E-state index is 0.414. The van der Waals surface area contributed by atoms with Gasteiger partial charge in [-0.05, 0) is 54.6 Å².